The van der Waals surface area contributed by atoms with Crippen molar-refractivity contribution < 1.29 is 45.4 Å². The van der Waals surface area contributed by atoms with Gasteiger partial charge in [-0.3, -0.25) is 14.5 Å². The molecule has 2 amide bonds. The van der Waals surface area contributed by atoms with E-state index in [0.29, 0.717) is 43.1 Å². The van der Waals surface area contributed by atoms with Crippen LogP contribution in [0.3, 0.4) is 0 Å². The van der Waals surface area contributed by atoms with E-state index in [2.05, 4.69) is 5.32 Å². The lowest BCUT2D eigenvalue weighted by Crippen LogP contribution is -2.53. The molecule has 0 radical (unpaired) electrons. The van der Waals surface area contributed by atoms with Crippen molar-refractivity contribution in [1.82, 2.24) is 9.80 Å². The molecule has 2 aromatic rings. The topological polar surface area (TPSA) is 72.9 Å². The number of benzene rings is 2. The van der Waals surface area contributed by atoms with Gasteiger partial charge in [-0.05, 0) is 36.1 Å². The number of carbonyl (C=O) groups excluding carboxylic acids is 2. The molecule has 1 aliphatic heterocycles. The van der Waals surface area contributed by atoms with Crippen LogP contribution in [0.5, 0.6) is 0 Å². The number of anilines is 1. The Morgan fingerprint density at radius 1 is 0.900 bits per heavy atom. The Morgan fingerprint density at radius 2 is 1.50 bits per heavy atom. The predicted molar refractivity (Wildman–Crippen MR) is 131 cm³/mol. The number of amides is 2. The first-order chi connectivity index (χ1) is 18.7. The third-order valence-corrected chi connectivity index (χ3v) is 7.22. The van der Waals surface area contributed by atoms with Gasteiger partial charge in [0.05, 0.1) is 5.69 Å². The lowest BCUT2D eigenvalue weighted by molar-refractivity contribution is -0.376. The fourth-order valence-electron chi connectivity index (χ4n) is 4.59. The van der Waals surface area contributed by atoms with Crippen LogP contribution in [-0.4, -0.2) is 65.3 Å². The number of hydrogen-bond donors (Lipinski definition) is 2. The summed E-state index contributed by atoms with van der Waals surface area (Å²) in [6, 6.07) is 7.22. The molecular weight excluding hydrogens is 547 g/mol. The molecule has 0 aromatic heterocycles. The molecule has 2 aliphatic rings. The minimum atomic E-state index is -5.96. The van der Waals surface area contributed by atoms with Crippen LogP contribution >= 0.6 is 0 Å². The van der Waals surface area contributed by atoms with Gasteiger partial charge in [-0.1, -0.05) is 37.1 Å². The molecule has 1 heterocycles. The number of halogens is 7. The summed E-state index contributed by atoms with van der Waals surface area (Å²) in [4.78, 5) is 28.2. The van der Waals surface area contributed by atoms with Gasteiger partial charge >= 0.3 is 12.4 Å². The molecule has 0 bridgehead atoms. The van der Waals surface area contributed by atoms with E-state index in [0.717, 1.165) is 37.5 Å². The molecule has 2 aromatic carbocycles. The lowest BCUT2D eigenvalue weighted by atomic mass is 9.91. The van der Waals surface area contributed by atoms with Crippen LogP contribution < -0.4 is 5.32 Å². The van der Waals surface area contributed by atoms with Crippen LogP contribution in [0, 0.1) is 11.7 Å². The molecule has 40 heavy (non-hydrogen) atoms. The zero-order valence-electron chi connectivity index (χ0n) is 21.3. The molecule has 1 aliphatic carbocycles. The molecule has 2 fully saturated rings. The largest absolute Gasteiger partial charge is 0.430 e. The first-order valence-corrected chi connectivity index (χ1v) is 12.8. The van der Waals surface area contributed by atoms with Crippen molar-refractivity contribution in [3.05, 3.63) is 65.0 Å². The molecule has 4 rings (SSSR count). The molecule has 6 nitrogen and oxygen atoms in total. The molecule has 0 spiro atoms. The van der Waals surface area contributed by atoms with Crippen LogP contribution in [0.2, 0.25) is 0 Å². The number of nitrogens with one attached hydrogen (secondary N) is 1. The molecule has 13 heteroatoms. The van der Waals surface area contributed by atoms with Crippen molar-refractivity contribution >= 4 is 17.5 Å². The van der Waals surface area contributed by atoms with Crippen LogP contribution in [-0.2, 0) is 16.9 Å². The minimum Gasteiger partial charge on any atom is -0.369 e. The summed E-state index contributed by atoms with van der Waals surface area (Å²) in [6.45, 7) is 1.45. The molecule has 0 atom stereocenters. The van der Waals surface area contributed by atoms with Crippen molar-refractivity contribution in [1.29, 1.82) is 0 Å². The minimum absolute atomic E-state index is 0.00269. The molecule has 1 saturated carbocycles. The normalized spacial score (nSPS) is 17.1. The Hall–Kier alpha value is -3.19. The second-order valence-corrected chi connectivity index (χ2v) is 10.2. The second kappa shape index (κ2) is 11.4. The maximum absolute atomic E-state index is 14.6. The molecular formula is C27H28F7N3O3. The van der Waals surface area contributed by atoms with E-state index >= 15 is 0 Å². The molecule has 218 valence electrons. The summed E-state index contributed by atoms with van der Waals surface area (Å²) >= 11 is 0. The number of nitrogens with zero attached hydrogens (tertiary/aromatic N) is 2. The third-order valence-electron chi connectivity index (χ3n) is 7.22. The average molecular weight is 576 g/mol. The van der Waals surface area contributed by atoms with Crippen molar-refractivity contribution in [3.63, 3.8) is 0 Å². The molecule has 1 saturated heterocycles. The quantitative estimate of drug-likeness (QED) is 0.424. The van der Waals surface area contributed by atoms with Gasteiger partial charge in [0.15, 0.2) is 0 Å². The highest BCUT2D eigenvalue weighted by molar-refractivity contribution is 5.96. The first-order valence-electron chi connectivity index (χ1n) is 12.8. The average Bonchev–Trinajstić information content (AvgIpc) is 3.72. The van der Waals surface area contributed by atoms with E-state index in [1.54, 1.807) is 0 Å². The van der Waals surface area contributed by atoms with E-state index in [1.807, 2.05) is 4.90 Å². The highest BCUT2D eigenvalue weighted by atomic mass is 19.4. The summed E-state index contributed by atoms with van der Waals surface area (Å²) < 4.78 is 93.0. The predicted octanol–water partition coefficient (Wildman–Crippen LogP) is 5.22. The van der Waals surface area contributed by atoms with Crippen LogP contribution in [0.15, 0.2) is 42.5 Å². The Labute approximate surface area is 225 Å². The van der Waals surface area contributed by atoms with Gasteiger partial charge in [0, 0.05) is 50.3 Å². The Morgan fingerprint density at radius 3 is 2.02 bits per heavy atom. The van der Waals surface area contributed by atoms with Crippen molar-refractivity contribution in [2.45, 2.75) is 50.2 Å². The van der Waals surface area contributed by atoms with E-state index in [1.165, 1.54) is 17.0 Å². The van der Waals surface area contributed by atoms with Crippen molar-refractivity contribution in [2.24, 2.45) is 5.92 Å². The van der Waals surface area contributed by atoms with Gasteiger partial charge in [-0.25, -0.2) is 4.39 Å². The van der Waals surface area contributed by atoms with Gasteiger partial charge in [0.25, 0.3) is 11.5 Å². The highest BCUT2D eigenvalue weighted by Crippen LogP contribution is 2.50. The summed E-state index contributed by atoms with van der Waals surface area (Å²) in [7, 11) is 0. The SMILES string of the molecule is O=C(CCC1CC1)Nc1ccc(C(=O)N2CCN(Cc3ccc(C(O)(C(F)(F)F)C(F)(F)F)cc3)CC2)cc1F. The van der Waals surface area contributed by atoms with Gasteiger partial charge in [0.1, 0.15) is 5.82 Å². The lowest BCUT2D eigenvalue weighted by Gasteiger charge is -2.35. The van der Waals surface area contributed by atoms with Gasteiger partial charge in [0.2, 0.25) is 5.91 Å². The fraction of sp³-hybridized carbons (Fsp3) is 0.481. The Balaban J connectivity index is 1.30. The van der Waals surface area contributed by atoms with Crippen molar-refractivity contribution in [2.75, 3.05) is 31.5 Å². The van der Waals surface area contributed by atoms with Gasteiger partial charge in [-0.15, -0.1) is 0 Å². The Bertz CT molecular complexity index is 1210. The number of carbonyl (C=O) groups is 2. The third kappa shape index (κ3) is 6.57. The number of piperazine rings is 1. The zero-order valence-corrected chi connectivity index (χ0v) is 21.3. The summed E-state index contributed by atoms with van der Waals surface area (Å²) in [5.74, 6) is -0.851. The highest BCUT2D eigenvalue weighted by Gasteiger charge is 2.71. The maximum Gasteiger partial charge on any atom is 0.430 e. The second-order valence-electron chi connectivity index (χ2n) is 10.2. The van der Waals surface area contributed by atoms with E-state index in [4.69, 9.17) is 0 Å². The van der Waals surface area contributed by atoms with Crippen molar-refractivity contribution in [3.8, 4) is 0 Å². The van der Waals surface area contributed by atoms with Gasteiger partial charge in [-0.2, -0.15) is 26.3 Å². The number of aliphatic hydroxyl groups is 1. The fourth-order valence-corrected chi connectivity index (χ4v) is 4.59. The number of hydrogen-bond acceptors (Lipinski definition) is 4. The number of rotatable bonds is 8. The first kappa shape index (κ1) is 29.8. The van der Waals surface area contributed by atoms with E-state index < -0.39 is 35.2 Å². The smallest absolute Gasteiger partial charge is 0.369 e. The Kier molecular flexibility index (Phi) is 8.46. The van der Waals surface area contributed by atoms with Crippen LogP contribution in [0.4, 0.5) is 36.4 Å². The zero-order chi connectivity index (χ0) is 29.3. The molecule has 0 unspecified atom stereocenters. The standard InChI is InChI=1S/C27H28F7N3O3/c28-21-15-19(6-9-22(21)35-23(38)10-5-17-1-2-17)24(39)37-13-11-36(12-14-37)16-18-3-7-20(8-4-18)25(40,26(29,30)31)27(32,33)34/h3-4,6-9,15,17,40H,1-2,5,10-14,16H2,(H,35,38). The number of alkyl halides is 6. The van der Waals surface area contributed by atoms with Crippen LogP contribution in [0.25, 0.3) is 0 Å². The molecule has 2 N–H and O–H groups in total. The van der Waals surface area contributed by atoms with E-state index in [9.17, 15) is 45.4 Å². The summed E-state index contributed by atoms with van der Waals surface area (Å²) in [5.41, 5.74) is -5.78. The van der Waals surface area contributed by atoms with Crippen LogP contribution in [0.1, 0.15) is 47.2 Å². The van der Waals surface area contributed by atoms with E-state index in [-0.39, 0.29) is 36.8 Å². The maximum atomic E-state index is 14.6. The summed E-state index contributed by atoms with van der Waals surface area (Å²) in [5, 5.41) is 12.0. The van der Waals surface area contributed by atoms with Gasteiger partial charge < -0.3 is 15.3 Å². The monoisotopic (exact) mass is 575 g/mol. The summed E-state index contributed by atoms with van der Waals surface area (Å²) in [6.07, 6.45) is -8.61.